The molecular formula is C18H22FN2O+. The lowest BCUT2D eigenvalue weighted by atomic mass is 10.1. The maximum Gasteiger partial charge on any atom is 0.279 e. The molecule has 2 aromatic carbocycles. The van der Waals surface area contributed by atoms with Gasteiger partial charge in [-0.1, -0.05) is 18.2 Å². The predicted octanol–water partition coefficient (Wildman–Crippen LogP) is 2.10. The highest BCUT2D eigenvalue weighted by Gasteiger charge is 2.11. The van der Waals surface area contributed by atoms with E-state index >= 15 is 0 Å². The van der Waals surface area contributed by atoms with Crippen molar-refractivity contribution in [3.05, 3.63) is 65.0 Å². The zero-order valence-electron chi connectivity index (χ0n) is 13.2. The maximum absolute atomic E-state index is 12.9. The quantitative estimate of drug-likeness (QED) is 0.871. The van der Waals surface area contributed by atoms with Crippen LogP contribution in [0.1, 0.15) is 16.7 Å². The number of quaternary nitrogens is 1. The fraction of sp³-hybridized carbons (Fsp3) is 0.278. The lowest BCUT2D eigenvalue weighted by molar-refractivity contribution is -0.885. The van der Waals surface area contributed by atoms with E-state index in [0.29, 0.717) is 13.1 Å². The second-order valence-corrected chi connectivity index (χ2v) is 5.86. The van der Waals surface area contributed by atoms with E-state index in [2.05, 4.69) is 11.4 Å². The lowest BCUT2D eigenvalue weighted by Crippen LogP contribution is -3.08. The van der Waals surface area contributed by atoms with E-state index in [0.717, 1.165) is 27.3 Å². The van der Waals surface area contributed by atoms with Gasteiger partial charge in [-0.25, -0.2) is 4.39 Å². The van der Waals surface area contributed by atoms with E-state index in [1.165, 1.54) is 12.1 Å². The molecule has 1 amide bonds. The fourth-order valence-electron chi connectivity index (χ4n) is 2.54. The van der Waals surface area contributed by atoms with Crippen LogP contribution in [0.5, 0.6) is 0 Å². The summed E-state index contributed by atoms with van der Waals surface area (Å²) in [4.78, 5) is 13.1. The number of hydrogen-bond acceptors (Lipinski definition) is 1. The van der Waals surface area contributed by atoms with Gasteiger partial charge in [0.15, 0.2) is 6.54 Å². The average molecular weight is 301 g/mol. The molecule has 0 fully saturated rings. The molecule has 0 spiro atoms. The summed E-state index contributed by atoms with van der Waals surface area (Å²) in [6, 6.07) is 12.4. The minimum absolute atomic E-state index is 0.0235. The molecule has 2 rings (SSSR count). The molecular weight excluding hydrogens is 279 g/mol. The molecule has 2 aromatic rings. The lowest BCUT2D eigenvalue weighted by Gasteiger charge is -2.14. The molecule has 0 heterocycles. The normalized spacial score (nSPS) is 12.0. The molecule has 0 saturated carbocycles. The van der Waals surface area contributed by atoms with Crippen molar-refractivity contribution in [2.75, 3.05) is 18.9 Å². The Bertz CT molecular complexity index is 632. The van der Waals surface area contributed by atoms with Crippen molar-refractivity contribution in [1.82, 2.24) is 0 Å². The first-order valence-corrected chi connectivity index (χ1v) is 7.36. The Kier molecular flexibility index (Phi) is 5.28. The predicted molar refractivity (Wildman–Crippen MR) is 86.4 cm³/mol. The van der Waals surface area contributed by atoms with Gasteiger partial charge < -0.3 is 10.2 Å². The molecule has 1 atom stereocenters. The molecule has 116 valence electrons. The van der Waals surface area contributed by atoms with Gasteiger partial charge in [0.1, 0.15) is 12.4 Å². The average Bonchev–Trinajstić information content (AvgIpc) is 2.39. The third-order valence-corrected chi connectivity index (χ3v) is 3.39. The molecule has 1 unspecified atom stereocenters. The van der Waals surface area contributed by atoms with Gasteiger partial charge in [-0.2, -0.15) is 0 Å². The number of amides is 1. The van der Waals surface area contributed by atoms with Gasteiger partial charge in [-0.05, 0) is 49.2 Å². The molecule has 0 aliphatic heterocycles. The highest BCUT2D eigenvalue weighted by molar-refractivity contribution is 5.91. The molecule has 0 aromatic heterocycles. The van der Waals surface area contributed by atoms with Crippen LogP contribution in [0.3, 0.4) is 0 Å². The number of halogens is 1. The number of carbonyl (C=O) groups excluding carboxylic acids is 1. The molecule has 2 N–H and O–H groups in total. The van der Waals surface area contributed by atoms with E-state index in [9.17, 15) is 9.18 Å². The Hall–Kier alpha value is -2.20. The zero-order chi connectivity index (χ0) is 16.1. The molecule has 0 bridgehead atoms. The van der Waals surface area contributed by atoms with Crippen LogP contribution in [-0.4, -0.2) is 19.5 Å². The third-order valence-electron chi connectivity index (χ3n) is 3.39. The van der Waals surface area contributed by atoms with Crippen molar-refractivity contribution >= 4 is 11.6 Å². The van der Waals surface area contributed by atoms with Gasteiger partial charge in [0.05, 0.1) is 7.05 Å². The zero-order valence-corrected chi connectivity index (χ0v) is 13.2. The van der Waals surface area contributed by atoms with Gasteiger partial charge in [-0.15, -0.1) is 0 Å². The van der Waals surface area contributed by atoms with Crippen LogP contribution in [0.2, 0.25) is 0 Å². The molecule has 0 radical (unpaired) electrons. The summed E-state index contributed by atoms with van der Waals surface area (Å²) >= 11 is 0. The smallest absolute Gasteiger partial charge is 0.279 e. The van der Waals surface area contributed by atoms with Crippen LogP contribution < -0.4 is 10.2 Å². The van der Waals surface area contributed by atoms with Crippen molar-refractivity contribution in [2.24, 2.45) is 0 Å². The Labute approximate surface area is 130 Å². The minimum Gasteiger partial charge on any atom is -0.326 e. The van der Waals surface area contributed by atoms with Crippen LogP contribution in [0.25, 0.3) is 0 Å². The summed E-state index contributed by atoms with van der Waals surface area (Å²) in [5.74, 6) is -0.265. The SMILES string of the molecule is Cc1cc(C)cc(NC(=O)C[NH+](C)Cc2ccc(F)cc2)c1. The Morgan fingerprint density at radius 2 is 1.68 bits per heavy atom. The number of anilines is 1. The largest absolute Gasteiger partial charge is 0.326 e. The Morgan fingerprint density at radius 1 is 1.09 bits per heavy atom. The van der Waals surface area contributed by atoms with Crippen LogP contribution in [-0.2, 0) is 11.3 Å². The highest BCUT2D eigenvalue weighted by Crippen LogP contribution is 2.13. The number of benzene rings is 2. The first-order chi connectivity index (χ1) is 10.4. The fourth-order valence-corrected chi connectivity index (χ4v) is 2.54. The van der Waals surface area contributed by atoms with Crippen LogP contribution >= 0.6 is 0 Å². The number of carbonyl (C=O) groups is 1. The summed E-state index contributed by atoms with van der Waals surface area (Å²) in [6.45, 7) is 5.06. The molecule has 0 aliphatic rings. The van der Waals surface area contributed by atoms with Crippen molar-refractivity contribution < 1.29 is 14.1 Å². The monoisotopic (exact) mass is 301 g/mol. The van der Waals surface area contributed by atoms with Crippen LogP contribution in [0.15, 0.2) is 42.5 Å². The second kappa shape index (κ2) is 7.18. The third kappa shape index (κ3) is 4.97. The van der Waals surface area contributed by atoms with E-state index in [-0.39, 0.29) is 11.7 Å². The summed E-state index contributed by atoms with van der Waals surface area (Å²) in [5, 5.41) is 2.93. The van der Waals surface area contributed by atoms with Crippen molar-refractivity contribution in [3.8, 4) is 0 Å². The molecule has 0 saturated heterocycles. The number of hydrogen-bond donors (Lipinski definition) is 2. The van der Waals surface area contributed by atoms with E-state index in [1.807, 2.05) is 33.0 Å². The highest BCUT2D eigenvalue weighted by atomic mass is 19.1. The number of aryl methyl sites for hydroxylation is 2. The van der Waals surface area contributed by atoms with Gasteiger partial charge >= 0.3 is 0 Å². The summed E-state index contributed by atoms with van der Waals surface area (Å²) in [7, 11) is 1.95. The van der Waals surface area contributed by atoms with Crippen LogP contribution in [0.4, 0.5) is 10.1 Å². The molecule has 4 heteroatoms. The van der Waals surface area contributed by atoms with Crippen LogP contribution in [0, 0.1) is 19.7 Å². The minimum atomic E-state index is -0.242. The first kappa shape index (κ1) is 16.2. The summed E-state index contributed by atoms with van der Waals surface area (Å²) < 4.78 is 12.9. The van der Waals surface area contributed by atoms with Gasteiger partial charge in [0.2, 0.25) is 0 Å². The Balaban J connectivity index is 1.89. The maximum atomic E-state index is 12.9. The van der Waals surface area contributed by atoms with E-state index < -0.39 is 0 Å². The topological polar surface area (TPSA) is 33.5 Å². The van der Waals surface area contributed by atoms with Crippen molar-refractivity contribution in [3.63, 3.8) is 0 Å². The second-order valence-electron chi connectivity index (χ2n) is 5.86. The van der Waals surface area contributed by atoms with E-state index in [1.54, 1.807) is 12.1 Å². The van der Waals surface area contributed by atoms with Gasteiger partial charge in [0.25, 0.3) is 5.91 Å². The molecule has 22 heavy (non-hydrogen) atoms. The van der Waals surface area contributed by atoms with Gasteiger partial charge in [0, 0.05) is 11.3 Å². The molecule has 3 nitrogen and oxygen atoms in total. The first-order valence-electron chi connectivity index (χ1n) is 7.36. The number of likely N-dealkylation sites (N-methyl/N-ethyl adjacent to an activating group) is 1. The van der Waals surface area contributed by atoms with E-state index in [4.69, 9.17) is 0 Å². The van der Waals surface area contributed by atoms with Crippen molar-refractivity contribution in [2.45, 2.75) is 20.4 Å². The number of nitrogens with one attached hydrogen (secondary N) is 2. The summed E-state index contributed by atoms with van der Waals surface area (Å²) in [6.07, 6.45) is 0. The van der Waals surface area contributed by atoms with Crippen molar-refractivity contribution in [1.29, 1.82) is 0 Å². The summed E-state index contributed by atoms with van der Waals surface area (Å²) in [5.41, 5.74) is 4.10. The number of rotatable bonds is 5. The molecule has 0 aliphatic carbocycles. The standard InChI is InChI=1S/C18H21FN2O/c1-13-8-14(2)10-17(9-13)20-18(22)12-21(3)11-15-4-6-16(19)7-5-15/h4-10H,11-12H2,1-3H3,(H,20,22)/p+1. The van der Waals surface area contributed by atoms with Gasteiger partial charge in [-0.3, -0.25) is 4.79 Å². The Morgan fingerprint density at radius 3 is 2.27 bits per heavy atom.